The van der Waals surface area contributed by atoms with E-state index in [1.54, 1.807) is 12.3 Å². The monoisotopic (exact) mass is 287 g/mol. The fourth-order valence-corrected chi connectivity index (χ4v) is 2.01. The molecule has 0 saturated heterocycles. The molecule has 1 aromatic carbocycles. The Hall–Kier alpha value is -2.60. The molecule has 0 bridgehead atoms. The van der Waals surface area contributed by atoms with Crippen LogP contribution < -0.4 is 11.1 Å². The molecule has 0 unspecified atom stereocenters. The van der Waals surface area contributed by atoms with Crippen LogP contribution in [0.2, 0.25) is 0 Å². The van der Waals surface area contributed by atoms with Gasteiger partial charge in [0.15, 0.2) is 0 Å². The Morgan fingerprint density at radius 1 is 1.10 bits per heavy atom. The zero-order valence-electron chi connectivity index (χ0n) is 11.5. The lowest BCUT2D eigenvalue weighted by Crippen LogP contribution is -2.41. The number of furan rings is 1. The molecule has 0 saturated carbocycles. The SMILES string of the molecule is NC(=O)NC(=O)CN(Cc1ccccc1)Cc1ccco1. The van der Waals surface area contributed by atoms with Crippen molar-refractivity contribution in [3.63, 3.8) is 0 Å². The average molecular weight is 287 g/mol. The molecule has 0 radical (unpaired) electrons. The van der Waals surface area contributed by atoms with Gasteiger partial charge in [-0.2, -0.15) is 0 Å². The van der Waals surface area contributed by atoms with Crippen LogP contribution in [0.1, 0.15) is 11.3 Å². The van der Waals surface area contributed by atoms with E-state index in [2.05, 4.69) is 5.32 Å². The molecular weight excluding hydrogens is 270 g/mol. The zero-order chi connectivity index (χ0) is 15.1. The number of rotatable bonds is 6. The molecule has 6 nitrogen and oxygen atoms in total. The number of imide groups is 1. The highest BCUT2D eigenvalue weighted by molar-refractivity contribution is 5.94. The molecular formula is C15H17N3O3. The number of benzene rings is 1. The summed E-state index contributed by atoms with van der Waals surface area (Å²) < 4.78 is 5.30. The van der Waals surface area contributed by atoms with Crippen LogP contribution in [-0.4, -0.2) is 23.4 Å². The summed E-state index contributed by atoms with van der Waals surface area (Å²) in [5, 5.41) is 2.07. The van der Waals surface area contributed by atoms with Crippen molar-refractivity contribution in [2.75, 3.05) is 6.54 Å². The summed E-state index contributed by atoms with van der Waals surface area (Å²) in [5.74, 6) is 0.308. The molecule has 3 amide bonds. The number of nitrogens with zero attached hydrogens (tertiary/aromatic N) is 1. The lowest BCUT2D eigenvalue weighted by Gasteiger charge is -2.20. The minimum absolute atomic E-state index is 0.0541. The first-order valence-corrected chi connectivity index (χ1v) is 6.51. The van der Waals surface area contributed by atoms with Crippen LogP contribution in [0.15, 0.2) is 53.1 Å². The maximum absolute atomic E-state index is 11.7. The van der Waals surface area contributed by atoms with Crippen molar-refractivity contribution in [2.24, 2.45) is 5.73 Å². The number of amides is 3. The van der Waals surface area contributed by atoms with Crippen molar-refractivity contribution in [2.45, 2.75) is 13.1 Å². The number of carbonyl (C=O) groups is 2. The Bertz CT molecular complexity index is 581. The smallest absolute Gasteiger partial charge is 0.318 e. The van der Waals surface area contributed by atoms with Crippen molar-refractivity contribution in [1.82, 2.24) is 10.2 Å². The van der Waals surface area contributed by atoms with Crippen LogP contribution in [0, 0.1) is 0 Å². The van der Waals surface area contributed by atoms with Gasteiger partial charge in [-0.05, 0) is 17.7 Å². The quantitative estimate of drug-likeness (QED) is 0.842. The highest BCUT2D eigenvalue weighted by atomic mass is 16.3. The van der Waals surface area contributed by atoms with Gasteiger partial charge in [0.05, 0.1) is 19.4 Å². The number of urea groups is 1. The largest absolute Gasteiger partial charge is 0.468 e. The fourth-order valence-electron chi connectivity index (χ4n) is 2.01. The maximum Gasteiger partial charge on any atom is 0.318 e. The van der Waals surface area contributed by atoms with E-state index >= 15 is 0 Å². The molecule has 0 aliphatic carbocycles. The van der Waals surface area contributed by atoms with Crippen molar-refractivity contribution in [3.05, 3.63) is 60.1 Å². The molecule has 6 heteroatoms. The van der Waals surface area contributed by atoms with Crippen LogP contribution in [0.4, 0.5) is 4.79 Å². The molecule has 0 fully saturated rings. The summed E-state index contributed by atoms with van der Waals surface area (Å²) in [6.45, 7) is 1.08. The molecule has 0 aliphatic heterocycles. The van der Waals surface area contributed by atoms with Gasteiger partial charge in [-0.1, -0.05) is 30.3 Å². The van der Waals surface area contributed by atoms with E-state index in [4.69, 9.17) is 10.2 Å². The number of hydrogen-bond donors (Lipinski definition) is 2. The Kier molecular flexibility index (Phi) is 5.11. The van der Waals surface area contributed by atoms with Gasteiger partial charge >= 0.3 is 6.03 Å². The first kappa shape index (κ1) is 14.8. The van der Waals surface area contributed by atoms with Crippen molar-refractivity contribution in [3.8, 4) is 0 Å². The van der Waals surface area contributed by atoms with Gasteiger partial charge in [0.2, 0.25) is 5.91 Å². The van der Waals surface area contributed by atoms with Crippen LogP contribution in [0.25, 0.3) is 0 Å². The number of carbonyl (C=O) groups excluding carboxylic acids is 2. The van der Waals surface area contributed by atoms with E-state index < -0.39 is 11.9 Å². The molecule has 1 heterocycles. The van der Waals surface area contributed by atoms with E-state index in [1.807, 2.05) is 41.3 Å². The molecule has 0 atom stereocenters. The molecule has 110 valence electrons. The lowest BCUT2D eigenvalue weighted by molar-refractivity contribution is -0.121. The van der Waals surface area contributed by atoms with Crippen molar-refractivity contribution >= 4 is 11.9 Å². The van der Waals surface area contributed by atoms with Crippen LogP contribution >= 0.6 is 0 Å². The molecule has 21 heavy (non-hydrogen) atoms. The fraction of sp³-hybridized carbons (Fsp3) is 0.200. The second kappa shape index (κ2) is 7.25. The van der Waals surface area contributed by atoms with Crippen molar-refractivity contribution < 1.29 is 14.0 Å². The van der Waals surface area contributed by atoms with E-state index in [0.29, 0.717) is 13.1 Å². The minimum Gasteiger partial charge on any atom is -0.468 e. The van der Waals surface area contributed by atoms with Gasteiger partial charge in [0.25, 0.3) is 0 Å². The van der Waals surface area contributed by atoms with E-state index in [9.17, 15) is 9.59 Å². The van der Waals surface area contributed by atoms with Gasteiger partial charge in [-0.3, -0.25) is 15.0 Å². The molecule has 0 spiro atoms. The third kappa shape index (κ3) is 5.12. The summed E-state index contributed by atoms with van der Waals surface area (Å²) in [4.78, 5) is 24.3. The van der Waals surface area contributed by atoms with E-state index in [-0.39, 0.29) is 6.54 Å². The molecule has 3 N–H and O–H groups in total. The summed E-state index contributed by atoms with van der Waals surface area (Å²) in [5.41, 5.74) is 6.02. The summed E-state index contributed by atoms with van der Waals surface area (Å²) in [7, 11) is 0. The number of hydrogen-bond acceptors (Lipinski definition) is 4. The second-order valence-electron chi connectivity index (χ2n) is 4.62. The Balaban J connectivity index is 2.02. The van der Waals surface area contributed by atoms with E-state index in [1.165, 1.54) is 0 Å². The second-order valence-corrected chi connectivity index (χ2v) is 4.62. The summed E-state index contributed by atoms with van der Waals surface area (Å²) in [6.07, 6.45) is 1.58. The zero-order valence-corrected chi connectivity index (χ0v) is 11.5. The highest BCUT2D eigenvalue weighted by Crippen LogP contribution is 2.10. The molecule has 2 aromatic rings. The first-order chi connectivity index (χ1) is 10.1. The third-order valence-corrected chi connectivity index (χ3v) is 2.84. The Labute approximate surface area is 122 Å². The molecule has 1 aromatic heterocycles. The third-order valence-electron chi connectivity index (χ3n) is 2.84. The first-order valence-electron chi connectivity index (χ1n) is 6.51. The lowest BCUT2D eigenvalue weighted by atomic mass is 10.2. The average Bonchev–Trinajstić information content (AvgIpc) is 2.91. The van der Waals surface area contributed by atoms with Gasteiger partial charge in [-0.15, -0.1) is 0 Å². The van der Waals surface area contributed by atoms with Crippen LogP contribution in [-0.2, 0) is 17.9 Å². The Morgan fingerprint density at radius 2 is 1.86 bits per heavy atom. The standard InChI is InChI=1S/C15H17N3O3/c16-15(20)17-14(19)11-18(10-13-7-4-8-21-13)9-12-5-2-1-3-6-12/h1-8H,9-11H2,(H3,16,17,19,20). The normalized spacial score (nSPS) is 10.5. The predicted octanol–water partition coefficient (Wildman–Crippen LogP) is 1.48. The topological polar surface area (TPSA) is 88.6 Å². The van der Waals surface area contributed by atoms with Gasteiger partial charge < -0.3 is 10.2 Å². The van der Waals surface area contributed by atoms with Gasteiger partial charge in [-0.25, -0.2) is 4.79 Å². The van der Waals surface area contributed by atoms with Gasteiger partial charge in [0.1, 0.15) is 5.76 Å². The van der Waals surface area contributed by atoms with Gasteiger partial charge in [0, 0.05) is 6.54 Å². The number of primary amides is 1. The minimum atomic E-state index is -0.849. The van der Waals surface area contributed by atoms with Crippen LogP contribution in [0.3, 0.4) is 0 Å². The van der Waals surface area contributed by atoms with Crippen LogP contribution in [0.5, 0.6) is 0 Å². The van der Waals surface area contributed by atoms with Crippen molar-refractivity contribution in [1.29, 1.82) is 0 Å². The summed E-state index contributed by atoms with van der Waals surface area (Å²) >= 11 is 0. The number of nitrogens with two attached hydrogens (primary N) is 1. The Morgan fingerprint density at radius 3 is 2.48 bits per heavy atom. The van der Waals surface area contributed by atoms with E-state index in [0.717, 1.165) is 11.3 Å². The highest BCUT2D eigenvalue weighted by Gasteiger charge is 2.14. The number of nitrogens with one attached hydrogen (secondary N) is 1. The maximum atomic E-state index is 11.7. The molecule has 0 aliphatic rings. The predicted molar refractivity (Wildman–Crippen MR) is 77.0 cm³/mol. The summed E-state index contributed by atoms with van der Waals surface area (Å²) in [6, 6.07) is 12.5. The molecule has 2 rings (SSSR count).